The Balaban J connectivity index is 2.58. The molecule has 0 saturated carbocycles. The molecule has 0 heterocycles. The van der Waals surface area contributed by atoms with Crippen LogP contribution in [0, 0.1) is 0 Å². The number of benzene rings is 1. The van der Waals surface area contributed by atoms with Gasteiger partial charge in [0.25, 0.3) is 0 Å². The van der Waals surface area contributed by atoms with Crippen molar-refractivity contribution in [2.75, 3.05) is 31.3 Å². The minimum absolute atomic E-state index is 0.0546. The molecule has 1 N–H and O–H groups in total. The van der Waals surface area contributed by atoms with Gasteiger partial charge in [-0.3, -0.25) is 4.79 Å². The molecule has 1 aromatic carbocycles. The van der Waals surface area contributed by atoms with Crippen molar-refractivity contribution in [2.45, 2.75) is 11.8 Å². The molecule has 0 unspecified atom stereocenters. The van der Waals surface area contributed by atoms with Crippen molar-refractivity contribution in [1.29, 1.82) is 0 Å². The molecule has 16 heavy (non-hydrogen) atoms. The van der Waals surface area contributed by atoms with Crippen LogP contribution in [0.15, 0.2) is 29.2 Å². The number of nitrogens with one attached hydrogen (secondary N) is 1. The van der Waals surface area contributed by atoms with E-state index in [0.29, 0.717) is 13.1 Å². The van der Waals surface area contributed by atoms with Crippen LogP contribution in [-0.2, 0) is 4.79 Å². The van der Waals surface area contributed by atoms with E-state index in [4.69, 9.17) is 0 Å². The number of likely N-dealkylation sites (N-methyl/N-ethyl adjacent to an activating group) is 2. The fourth-order valence-electron chi connectivity index (χ4n) is 1.40. The van der Waals surface area contributed by atoms with Crippen molar-refractivity contribution < 1.29 is 4.79 Å². The average Bonchev–Trinajstić information content (AvgIpc) is 2.29. The molecule has 0 bridgehead atoms. The van der Waals surface area contributed by atoms with Gasteiger partial charge in [0.1, 0.15) is 0 Å². The molecule has 0 aliphatic heterocycles. The Morgan fingerprint density at radius 3 is 2.50 bits per heavy atom. The SMILES string of the molecule is CCNC(=O)CN(C)c1ccc(SC)cc1. The van der Waals surface area contributed by atoms with Gasteiger partial charge in [-0.15, -0.1) is 11.8 Å². The van der Waals surface area contributed by atoms with Crippen molar-refractivity contribution >= 4 is 23.4 Å². The lowest BCUT2D eigenvalue weighted by molar-refractivity contribution is -0.119. The van der Waals surface area contributed by atoms with Crippen molar-refractivity contribution in [1.82, 2.24) is 5.32 Å². The summed E-state index contributed by atoms with van der Waals surface area (Å²) in [6.07, 6.45) is 2.05. The lowest BCUT2D eigenvalue weighted by Gasteiger charge is -2.18. The van der Waals surface area contributed by atoms with Gasteiger partial charge in [0, 0.05) is 24.2 Å². The fourth-order valence-corrected chi connectivity index (χ4v) is 1.80. The molecule has 1 rings (SSSR count). The third-order valence-corrected chi connectivity index (χ3v) is 3.01. The molecule has 0 aromatic heterocycles. The van der Waals surface area contributed by atoms with Gasteiger partial charge in [-0.25, -0.2) is 0 Å². The summed E-state index contributed by atoms with van der Waals surface area (Å²) in [5.74, 6) is 0.0546. The lowest BCUT2D eigenvalue weighted by atomic mass is 10.3. The predicted molar refractivity (Wildman–Crippen MR) is 70.2 cm³/mol. The quantitative estimate of drug-likeness (QED) is 0.796. The molecule has 1 aromatic rings. The summed E-state index contributed by atoms with van der Waals surface area (Å²) < 4.78 is 0. The van der Waals surface area contributed by atoms with Crippen LogP contribution in [0.2, 0.25) is 0 Å². The van der Waals surface area contributed by atoms with Crippen LogP contribution in [0.25, 0.3) is 0 Å². The number of amides is 1. The standard InChI is InChI=1S/C12H18N2OS/c1-4-13-12(15)9-14(2)10-5-7-11(16-3)8-6-10/h5-8H,4,9H2,1-3H3,(H,13,15). The van der Waals surface area contributed by atoms with Crippen molar-refractivity contribution in [2.24, 2.45) is 0 Å². The maximum atomic E-state index is 11.4. The first-order valence-electron chi connectivity index (χ1n) is 5.29. The molecular weight excluding hydrogens is 220 g/mol. The van der Waals surface area contributed by atoms with E-state index in [2.05, 4.69) is 17.4 Å². The van der Waals surface area contributed by atoms with Crippen molar-refractivity contribution in [3.63, 3.8) is 0 Å². The van der Waals surface area contributed by atoms with E-state index in [9.17, 15) is 4.79 Å². The van der Waals surface area contributed by atoms with Gasteiger partial charge >= 0.3 is 0 Å². The molecule has 0 atom stereocenters. The average molecular weight is 238 g/mol. The van der Waals surface area contributed by atoms with Gasteiger partial charge < -0.3 is 10.2 Å². The topological polar surface area (TPSA) is 32.3 Å². The summed E-state index contributed by atoms with van der Waals surface area (Å²) in [5, 5.41) is 2.78. The normalized spacial score (nSPS) is 9.94. The smallest absolute Gasteiger partial charge is 0.239 e. The summed E-state index contributed by atoms with van der Waals surface area (Å²) in [6, 6.07) is 8.19. The van der Waals surface area contributed by atoms with E-state index in [1.807, 2.05) is 37.3 Å². The number of thioether (sulfide) groups is 1. The van der Waals surface area contributed by atoms with Crippen LogP contribution in [0.1, 0.15) is 6.92 Å². The number of nitrogens with zero attached hydrogens (tertiary/aromatic N) is 1. The molecule has 0 saturated heterocycles. The summed E-state index contributed by atoms with van der Waals surface area (Å²) in [6.45, 7) is 3.00. The second-order valence-electron chi connectivity index (χ2n) is 3.51. The van der Waals surface area contributed by atoms with Gasteiger partial charge in [-0.1, -0.05) is 0 Å². The maximum Gasteiger partial charge on any atom is 0.239 e. The third-order valence-electron chi connectivity index (χ3n) is 2.27. The van der Waals surface area contributed by atoms with E-state index in [0.717, 1.165) is 5.69 Å². The molecule has 0 fully saturated rings. The zero-order chi connectivity index (χ0) is 12.0. The number of carbonyl (C=O) groups is 1. The summed E-state index contributed by atoms with van der Waals surface area (Å²) >= 11 is 1.71. The largest absolute Gasteiger partial charge is 0.365 e. The Labute approximate surface area is 101 Å². The summed E-state index contributed by atoms with van der Waals surface area (Å²) in [5.41, 5.74) is 1.06. The van der Waals surface area contributed by atoms with Crippen LogP contribution in [0.5, 0.6) is 0 Å². The first-order valence-corrected chi connectivity index (χ1v) is 6.51. The highest BCUT2D eigenvalue weighted by atomic mass is 32.2. The summed E-state index contributed by atoms with van der Waals surface area (Å²) in [4.78, 5) is 14.6. The van der Waals surface area contributed by atoms with Crippen molar-refractivity contribution in [3.05, 3.63) is 24.3 Å². The zero-order valence-corrected chi connectivity index (χ0v) is 10.8. The minimum atomic E-state index is 0.0546. The number of hydrogen-bond acceptors (Lipinski definition) is 3. The second-order valence-corrected chi connectivity index (χ2v) is 4.39. The molecule has 0 aliphatic rings. The summed E-state index contributed by atoms with van der Waals surface area (Å²) in [7, 11) is 1.92. The number of rotatable bonds is 5. The van der Waals surface area contributed by atoms with Gasteiger partial charge in [0.15, 0.2) is 0 Å². The molecule has 4 heteroatoms. The van der Waals surface area contributed by atoms with E-state index < -0.39 is 0 Å². The van der Waals surface area contributed by atoms with E-state index in [-0.39, 0.29) is 5.91 Å². The van der Waals surface area contributed by atoms with E-state index in [1.165, 1.54) is 4.90 Å². The zero-order valence-electron chi connectivity index (χ0n) is 9.99. The first kappa shape index (κ1) is 12.9. The van der Waals surface area contributed by atoms with Crippen LogP contribution in [-0.4, -0.2) is 32.3 Å². The monoisotopic (exact) mass is 238 g/mol. The highest BCUT2D eigenvalue weighted by Crippen LogP contribution is 2.19. The highest BCUT2D eigenvalue weighted by molar-refractivity contribution is 7.98. The first-order chi connectivity index (χ1) is 7.67. The Morgan fingerprint density at radius 2 is 2.00 bits per heavy atom. The van der Waals surface area contributed by atoms with Crippen LogP contribution in [0.4, 0.5) is 5.69 Å². The minimum Gasteiger partial charge on any atom is -0.365 e. The van der Waals surface area contributed by atoms with Gasteiger partial charge in [-0.05, 0) is 37.4 Å². The van der Waals surface area contributed by atoms with Gasteiger partial charge in [-0.2, -0.15) is 0 Å². The van der Waals surface area contributed by atoms with E-state index in [1.54, 1.807) is 11.8 Å². The van der Waals surface area contributed by atoms with Gasteiger partial charge in [0.2, 0.25) is 5.91 Å². The Kier molecular flexibility index (Phi) is 5.19. The fraction of sp³-hybridized carbons (Fsp3) is 0.417. The van der Waals surface area contributed by atoms with Gasteiger partial charge in [0.05, 0.1) is 6.54 Å². The molecule has 0 radical (unpaired) electrons. The number of carbonyl (C=O) groups excluding carboxylic acids is 1. The Hall–Kier alpha value is -1.16. The van der Waals surface area contributed by atoms with Crippen LogP contribution in [0.3, 0.4) is 0 Å². The number of anilines is 1. The molecule has 0 aliphatic carbocycles. The maximum absolute atomic E-state index is 11.4. The molecule has 0 spiro atoms. The predicted octanol–water partition coefficient (Wildman–Crippen LogP) is 1.98. The Bertz CT molecular complexity index is 337. The third kappa shape index (κ3) is 3.77. The van der Waals surface area contributed by atoms with Crippen LogP contribution >= 0.6 is 11.8 Å². The Morgan fingerprint density at radius 1 is 1.38 bits per heavy atom. The van der Waals surface area contributed by atoms with Crippen LogP contribution < -0.4 is 10.2 Å². The molecular formula is C12H18N2OS. The van der Waals surface area contributed by atoms with E-state index >= 15 is 0 Å². The molecule has 1 amide bonds. The second kappa shape index (κ2) is 6.43. The molecule has 3 nitrogen and oxygen atoms in total. The lowest BCUT2D eigenvalue weighted by Crippen LogP contribution is -2.34. The van der Waals surface area contributed by atoms with Crippen molar-refractivity contribution in [3.8, 4) is 0 Å². The molecule has 88 valence electrons. The highest BCUT2D eigenvalue weighted by Gasteiger charge is 2.05. The number of hydrogen-bond donors (Lipinski definition) is 1.